The predicted octanol–water partition coefficient (Wildman–Crippen LogP) is 4.39. The molecule has 1 amide bonds. The molecule has 0 saturated carbocycles. The van der Waals surface area contributed by atoms with Crippen LogP contribution < -0.4 is 5.32 Å². The molecule has 0 bridgehead atoms. The van der Waals surface area contributed by atoms with E-state index in [4.69, 9.17) is 9.47 Å². The molecule has 3 aromatic rings. The van der Waals surface area contributed by atoms with E-state index < -0.39 is 36.0 Å². The van der Waals surface area contributed by atoms with E-state index in [0.29, 0.717) is 5.69 Å². The highest BCUT2D eigenvalue weighted by Gasteiger charge is 2.41. The molecule has 0 fully saturated rings. The summed E-state index contributed by atoms with van der Waals surface area (Å²) in [6.45, 7) is 7.18. The van der Waals surface area contributed by atoms with E-state index in [1.165, 1.54) is 24.3 Å². The van der Waals surface area contributed by atoms with Crippen LogP contribution in [-0.4, -0.2) is 41.1 Å². The fraction of sp³-hybridized carbons (Fsp3) is 0.214. The molecule has 2 unspecified atom stereocenters. The molecule has 0 spiro atoms. The number of ether oxygens (including phenoxy) is 2. The second-order valence-corrected chi connectivity index (χ2v) is 8.54. The first kappa shape index (κ1) is 26.2. The number of carboxylic acid groups (broad SMARTS) is 1. The van der Waals surface area contributed by atoms with Gasteiger partial charge in [-0.25, -0.2) is 14.4 Å². The molecular formula is C28H27NO7. The summed E-state index contributed by atoms with van der Waals surface area (Å²) in [5, 5.41) is 12.5. The average Bonchev–Trinajstić information content (AvgIpc) is 2.82. The van der Waals surface area contributed by atoms with E-state index in [-0.39, 0.29) is 11.1 Å². The summed E-state index contributed by atoms with van der Waals surface area (Å²) in [4.78, 5) is 51.0. The smallest absolute Gasteiger partial charge is 0.349 e. The molecule has 2 atom stereocenters. The molecule has 0 aliphatic carbocycles. The molecule has 0 aliphatic heterocycles. The second kappa shape index (κ2) is 11.3. The third-order valence-electron chi connectivity index (χ3n) is 5.39. The van der Waals surface area contributed by atoms with Crippen LogP contribution in [-0.2, 0) is 19.1 Å². The molecule has 0 saturated heterocycles. The van der Waals surface area contributed by atoms with E-state index in [1.807, 2.05) is 13.0 Å². The number of esters is 2. The Morgan fingerprint density at radius 1 is 0.694 bits per heavy atom. The maximum Gasteiger partial charge on any atom is 0.349 e. The summed E-state index contributed by atoms with van der Waals surface area (Å²) >= 11 is 0. The summed E-state index contributed by atoms with van der Waals surface area (Å²) in [6, 6.07) is 18.0. The number of benzene rings is 3. The molecule has 0 aromatic heterocycles. The minimum Gasteiger partial charge on any atom is -0.478 e. The van der Waals surface area contributed by atoms with Crippen LogP contribution in [0.1, 0.15) is 43.0 Å². The van der Waals surface area contributed by atoms with Gasteiger partial charge in [0, 0.05) is 5.69 Å². The second-order valence-electron chi connectivity index (χ2n) is 8.54. The lowest BCUT2D eigenvalue weighted by atomic mass is 10.1. The molecule has 3 rings (SSSR count). The zero-order valence-electron chi connectivity index (χ0n) is 20.4. The SMILES string of the molecule is Cc1cccc(C(=O)OC(C(=O)O)C(OC(=O)c2cccc(C)c2)C(=O)Nc2ccc(C)cc2C)c1. The molecule has 8 heteroatoms. The van der Waals surface area contributed by atoms with Crippen molar-refractivity contribution < 1.29 is 33.8 Å². The number of hydrogen-bond donors (Lipinski definition) is 2. The normalized spacial score (nSPS) is 12.2. The Labute approximate surface area is 208 Å². The standard InChI is InChI=1S/C28H27NO7/c1-16-7-5-9-20(14-16)27(33)35-23(25(30)29-22-12-11-18(3)13-19(22)4)24(26(31)32)36-28(34)21-10-6-8-17(2)15-21/h5-15,23-24H,1-4H3,(H,29,30)(H,31,32). The van der Waals surface area contributed by atoms with Crippen molar-refractivity contribution in [3.8, 4) is 0 Å². The lowest BCUT2D eigenvalue weighted by molar-refractivity contribution is -0.157. The Hall–Kier alpha value is -4.46. The van der Waals surface area contributed by atoms with Crippen LogP contribution in [0.4, 0.5) is 5.69 Å². The number of aryl methyl sites for hydroxylation is 4. The van der Waals surface area contributed by atoms with E-state index in [0.717, 1.165) is 22.3 Å². The molecular weight excluding hydrogens is 462 g/mol. The van der Waals surface area contributed by atoms with Gasteiger partial charge in [-0.15, -0.1) is 0 Å². The minimum absolute atomic E-state index is 0.0970. The van der Waals surface area contributed by atoms with Crippen molar-refractivity contribution in [2.75, 3.05) is 5.32 Å². The third kappa shape index (κ3) is 6.56. The summed E-state index contributed by atoms with van der Waals surface area (Å²) in [6.07, 6.45) is -4.07. The molecule has 2 N–H and O–H groups in total. The lowest BCUT2D eigenvalue weighted by Gasteiger charge is -2.24. The number of rotatable bonds is 8. The molecule has 0 radical (unpaired) electrons. The minimum atomic E-state index is -2.10. The van der Waals surface area contributed by atoms with Crippen LogP contribution in [0.15, 0.2) is 66.7 Å². The Morgan fingerprint density at radius 3 is 1.67 bits per heavy atom. The number of carboxylic acids is 1. The summed E-state index contributed by atoms with van der Waals surface area (Å²) < 4.78 is 10.6. The topological polar surface area (TPSA) is 119 Å². The number of nitrogens with one attached hydrogen (secondary N) is 1. The molecule has 36 heavy (non-hydrogen) atoms. The van der Waals surface area contributed by atoms with Crippen molar-refractivity contribution in [2.24, 2.45) is 0 Å². The van der Waals surface area contributed by atoms with Gasteiger partial charge in [-0.3, -0.25) is 4.79 Å². The largest absolute Gasteiger partial charge is 0.478 e. The van der Waals surface area contributed by atoms with Crippen molar-refractivity contribution in [2.45, 2.75) is 39.9 Å². The number of amides is 1. The quantitative estimate of drug-likeness (QED) is 0.450. The summed E-state index contributed by atoms with van der Waals surface area (Å²) in [7, 11) is 0. The first-order valence-electron chi connectivity index (χ1n) is 11.2. The van der Waals surface area contributed by atoms with E-state index in [9.17, 15) is 24.3 Å². The first-order chi connectivity index (χ1) is 17.0. The Bertz CT molecular complexity index is 1310. The highest BCUT2D eigenvalue weighted by molar-refractivity contribution is 6.01. The van der Waals surface area contributed by atoms with Crippen LogP contribution in [0, 0.1) is 27.7 Å². The van der Waals surface area contributed by atoms with Crippen molar-refractivity contribution in [3.63, 3.8) is 0 Å². The molecule has 3 aromatic carbocycles. The van der Waals surface area contributed by atoms with Gasteiger partial charge in [0.2, 0.25) is 12.2 Å². The van der Waals surface area contributed by atoms with Crippen molar-refractivity contribution in [3.05, 3.63) is 100 Å². The number of anilines is 1. The molecule has 8 nitrogen and oxygen atoms in total. The number of carbonyl (C=O) groups excluding carboxylic acids is 3. The van der Waals surface area contributed by atoms with Gasteiger partial charge >= 0.3 is 17.9 Å². The van der Waals surface area contributed by atoms with Gasteiger partial charge in [-0.05, 0) is 63.6 Å². The monoisotopic (exact) mass is 489 g/mol. The maximum atomic E-state index is 13.3. The van der Waals surface area contributed by atoms with Crippen LogP contribution in [0.3, 0.4) is 0 Å². The highest BCUT2D eigenvalue weighted by Crippen LogP contribution is 2.20. The number of aliphatic carboxylic acids is 1. The number of hydrogen-bond acceptors (Lipinski definition) is 6. The van der Waals surface area contributed by atoms with E-state index >= 15 is 0 Å². The third-order valence-corrected chi connectivity index (χ3v) is 5.39. The number of carbonyl (C=O) groups is 4. The Morgan fingerprint density at radius 2 is 1.19 bits per heavy atom. The maximum absolute atomic E-state index is 13.3. The van der Waals surface area contributed by atoms with Crippen LogP contribution in [0.25, 0.3) is 0 Å². The van der Waals surface area contributed by atoms with Crippen LogP contribution >= 0.6 is 0 Å². The van der Waals surface area contributed by atoms with Gasteiger partial charge < -0.3 is 19.9 Å². The van der Waals surface area contributed by atoms with Crippen molar-refractivity contribution >= 4 is 29.5 Å². The molecule has 0 aliphatic rings. The van der Waals surface area contributed by atoms with Gasteiger partial charge in [0.1, 0.15) is 0 Å². The van der Waals surface area contributed by atoms with Gasteiger partial charge in [-0.1, -0.05) is 53.1 Å². The lowest BCUT2D eigenvalue weighted by Crippen LogP contribution is -2.48. The van der Waals surface area contributed by atoms with Crippen molar-refractivity contribution in [1.29, 1.82) is 0 Å². The first-order valence-corrected chi connectivity index (χ1v) is 11.2. The fourth-order valence-electron chi connectivity index (χ4n) is 3.56. The van der Waals surface area contributed by atoms with Crippen LogP contribution in [0.2, 0.25) is 0 Å². The zero-order valence-corrected chi connectivity index (χ0v) is 20.4. The average molecular weight is 490 g/mol. The van der Waals surface area contributed by atoms with Crippen molar-refractivity contribution in [1.82, 2.24) is 0 Å². The Kier molecular flexibility index (Phi) is 8.22. The highest BCUT2D eigenvalue weighted by atomic mass is 16.6. The van der Waals surface area contributed by atoms with Gasteiger partial charge in [0.15, 0.2) is 0 Å². The van der Waals surface area contributed by atoms with E-state index in [1.54, 1.807) is 57.2 Å². The Balaban J connectivity index is 1.94. The van der Waals surface area contributed by atoms with Gasteiger partial charge in [0.25, 0.3) is 5.91 Å². The molecule has 186 valence electrons. The summed E-state index contributed by atoms with van der Waals surface area (Å²) in [5.41, 5.74) is 3.82. The summed E-state index contributed by atoms with van der Waals surface area (Å²) in [5.74, 6) is -4.50. The van der Waals surface area contributed by atoms with E-state index in [2.05, 4.69) is 5.32 Å². The molecule has 0 heterocycles. The fourth-order valence-corrected chi connectivity index (χ4v) is 3.56. The van der Waals surface area contributed by atoms with Crippen LogP contribution in [0.5, 0.6) is 0 Å². The van der Waals surface area contributed by atoms with Gasteiger partial charge in [0.05, 0.1) is 11.1 Å². The van der Waals surface area contributed by atoms with Gasteiger partial charge in [-0.2, -0.15) is 0 Å². The zero-order chi connectivity index (χ0) is 26.4. The predicted molar refractivity (Wildman–Crippen MR) is 133 cm³/mol.